The van der Waals surface area contributed by atoms with Crippen molar-refractivity contribution < 1.29 is 21.4 Å². The van der Waals surface area contributed by atoms with Gasteiger partial charge in [0, 0.05) is 0 Å². The van der Waals surface area contributed by atoms with E-state index < -0.39 is 21.4 Å². The van der Waals surface area contributed by atoms with Gasteiger partial charge in [-0.05, 0) is 0 Å². The normalized spacial score (nSPS) is 15.3. The van der Waals surface area contributed by atoms with E-state index in [-0.39, 0.29) is 0 Å². The van der Waals surface area contributed by atoms with Gasteiger partial charge in [-0.25, -0.2) is 0 Å². The SMILES string of the molecule is [CH3][Hf]([CH3])[CH]1C=Cc2c(-c3ccc(-c4ccccc4)cc3)cccc21. The first-order chi connectivity index (χ1) is 11.7. The molecule has 0 N–H and O–H groups in total. The molecule has 0 nitrogen and oxygen atoms in total. The maximum absolute atomic E-state index is 2.51. The van der Waals surface area contributed by atoms with Crippen LogP contribution in [-0.4, -0.2) is 0 Å². The minimum atomic E-state index is -1.43. The van der Waals surface area contributed by atoms with Gasteiger partial charge in [-0.15, -0.1) is 0 Å². The van der Waals surface area contributed by atoms with Gasteiger partial charge in [-0.1, -0.05) is 0 Å². The summed E-state index contributed by atoms with van der Waals surface area (Å²) in [6.07, 6.45) is 4.81. The summed E-state index contributed by atoms with van der Waals surface area (Å²) < 4.78 is 5.78. The summed E-state index contributed by atoms with van der Waals surface area (Å²) in [5, 5.41) is 0. The number of hydrogen-bond acceptors (Lipinski definition) is 0. The number of allylic oxidation sites excluding steroid dienone is 1. The van der Waals surface area contributed by atoms with Gasteiger partial charge in [0.1, 0.15) is 0 Å². The van der Waals surface area contributed by atoms with Gasteiger partial charge in [-0.3, -0.25) is 0 Å². The molecule has 0 radical (unpaired) electrons. The monoisotopic (exact) mass is 477 g/mol. The van der Waals surface area contributed by atoms with Crippen LogP contribution in [0, 0.1) is 0 Å². The molecule has 0 bridgehead atoms. The molecular weight excluding hydrogens is 455 g/mol. The van der Waals surface area contributed by atoms with Crippen LogP contribution in [0.25, 0.3) is 28.3 Å². The molecule has 1 heteroatoms. The second-order valence-electron chi connectivity index (χ2n) is 6.67. The fourth-order valence-electron chi connectivity index (χ4n) is 3.56. The van der Waals surface area contributed by atoms with E-state index in [0.717, 1.165) is 3.67 Å². The Morgan fingerprint density at radius 1 is 0.667 bits per heavy atom. The summed E-state index contributed by atoms with van der Waals surface area (Å²) in [6.45, 7) is 0. The molecule has 0 aromatic heterocycles. The van der Waals surface area contributed by atoms with Crippen LogP contribution < -0.4 is 0 Å². The molecule has 4 rings (SSSR count). The first-order valence-electron chi connectivity index (χ1n) is 8.51. The summed E-state index contributed by atoms with van der Waals surface area (Å²) in [4.78, 5) is 0. The van der Waals surface area contributed by atoms with Crippen molar-refractivity contribution in [3.05, 3.63) is 90.0 Å². The van der Waals surface area contributed by atoms with Crippen molar-refractivity contribution in [2.75, 3.05) is 0 Å². The number of benzene rings is 3. The Bertz CT molecular complexity index is 874. The van der Waals surface area contributed by atoms with E-state index in [2.05, 4.69) is 94.3 Å². The maximum atomic E-state index is 2.51. The molecule has 0 aliphatic heterocycles. The van der Waals surface area contributed by atoms with Crippen molar-refractivity contribution in [2.24, 2.45) is 0 Å². The molecule has 0 saturated heterocycles. The molecule has 117 valence electrons. The van der Waals surface area contributed by atoms with Crippen molar-refractivity contribution in [3.63, 3.8) is 0 Å². The van der Waals surface area contributed by atoms with Crippen LogP contribution in [0.15, 0.2) is 78.9 Å². The van der Waals surface area contributed by atoms with Crippen LogP contribution in [0.2, 0.25) is 9.36 Å². The summed E-state index contributed by atoms with van der Waals surface area (Å²) >= 11 is -1.43. The molecule has 1 aliphatic rings. The van der Waals surface area contributed by atoms with E-state index in [9.17, 15) is 0 Å². The summed E-state index contributed by atoms with van der Waals surface area (Å²) in [7, 11) is 0. The molecule has 3 aromatic carbocycles. The van der Waals surface area contributed by atoms with E-state index >= 15 is 0 Å². The molecule has 0 amide bonds. The zero-order chi connectivity index (χ0) is 16.5. The van der Waals surface area contributed by atoms with E-state index in [1.54, 1.807) is 5.56 Å². The minimum absolute atomic E-state index is 0.758. The molecule has 0 heterocycles. The van der Waals surface area contributed by atoms with Crippen LogP contribution in [0.1, 0.15) is 14.8 Å². The van der Waals surface area contributed by atoms with E-state index in [0.29, 0.717) is 0 Å². The van der Waals surface area contributed by atoms with Crippen LogP contribution >= 0.6 is 0 Å². The summed E-state index contributed by atoms with van der Waals surface area (Å²) in [6, 6.07) is 26.4. The average molecular weight is 476 g/mol. The topological polar surface area (TPSA) is 0 Å². The van der Waals surface area contributed by atoms with Crippen molar-refractivity contribution >= 4 is 6.08 Å². The van der Waals surface area contributed by atoms with Crippen LogP contribution in [0.5, 0.6) is 0 Å². The number of rotatable bonds is 3. The Balaban J connectivity index is 1.72. The van der Waals surface area contributed by atoms with Crippen molar-refractivity contribution in [1.82, 2.24) is 0 Å². The third-order valence-electron chi connectivity index (χ3n) is 4.86. The Morgan fingerprint density at radius 3 is 2.04 bits per heavy atom. The fourth-order valence-corrected chi connectivity index (χ4v) is 8.43. The molecule has 1 unspecified atom stereocenters. The third kappa shape index (κ3) is 2.86. The van der Waals surface area contributed by atoms with Crippen molar-refractivity contribution in [2.45, 2.75) is 13.0 Å². The molecule has 0 fully saturated rings. The molecule has 1 aliphatic carbocycles. The molecule has 0 saturated carbocycles. The Kier molecular flexibility index (Phi) is 4.37. The van der Waals surface area contributed by atoms with Gasteiger partial charge >= 0.3 is 153 Å². The summed E-state index contributed by atoms with van der Waals surface area (Å²) in [5.41, 5.74) is 8.25. The number of fused-ring (bicyclic) bond motifs is 1. The van der Waals surface area contributed by atoms with Crippen LogP contribution in [0.4, 0.5) is 0 Å². The summed E-state index contributed by atoms with van der Waals surface area (Å²) in [5.74, 6) is 0. The molecule has 0 spiro atoms. The average Bonchev–Trinajstić information content (AvgIpc) is 3.07. The molecule has 3 aromatic rings. The van der Waals surface area contributed by atoms with E-state index in [1.165, 1.54) is 27.8 Å². The van der Waals surface area contributed by atoms with Gasteiger partial charge in [0.2, 0.25) is 0 Å². The quantitative estimate of drug-likeness (QED) is 0.365. The van der Waals surface area contributed by atoms with Crippen molar-refractivity contribution in [1.29, 1.82) is 0 Å². The molecular formula is C23H21Hf. The first-order valence-corrected chi connectivity index (χ1v) is 17.8. The Labute approximate surface area is 152 Å². The predicted molar refractivity (Wildman–Crippen MR) is 101 cm³/mol. The van der Waals surface area contributed by atoms with Crippen molar-refractivity contribution in [3.8, 4) is 22.3 Å². The van der Waals surface area contributed by atoms with Crippen LogP contribution in [-0.2, 0) is 21.4 Å². The molecule has 1 atom stereocenters. The first kappa shape index (κ1) is 15.8. The van der Waals surface area contributed by atoms with E-state index in [4.69, 9.17) is 0 Å². The van der Waals surface area contributed by atoms with Gasteiger partial charge < -0.3 is 0 Å². The zero-order valence-electron chi connectivity index (χ0n) is 14.2. The van der Waals surface area contributed by atoms with Gasteiger partial charge in [0.25, 0.3) is 0 Å². The third-order valence-corrected chi connectivity index (χ3v) is 11.1. The molecule has 24 heavy (non-hydrogen) atoms. The Morgan fingerprint density at radius 2 is 1.33 bits per heavy atom. The fraction of sp³-hybridized carbons (Fsp3) is 0.130. The predicted octanol–water partition coefficient (Wildman–Crippen LogP) is 6.80. The Hall–Kier alpha value is -1.73. The second-order valence-corrected chi connectivity index (χ2v) is 16.6. The van der Waals surface area contributed by atoms with Gasteiger partial charge in [0.05, 0.1) is 0 Å². The second kappa shape index (κ2) is 6.64. The number of hydrogen-bond donors (Lipinski definition) is 0. The van der Waals surface area contributed by atoms with Gasteiger partial charge in [-0.2, -0.15) is 0 Å². The van der Waals surface area contributed by atoms with Gasteiger partial charge in [0.15, 0.2) is 0 Å². The standard InChI is InChI=1S/C21H15.2CH3.Hf/c1-2-6-16(7-3-1)17-12-14-19(15-13-17)21-11-5-9-18-8-4-10-20(18)21;;;/h1-15H;2*1H3;. The van der Waals surface area contributed by atoms with E-state index in [1.807, 2.05) is 0 Å². The zero-order valence-corrected chi connectivity index (χ0v) is 17.8. The van der Waals surface area contributed by atoms with Crippen LogP contribution in [0.3, 0.4) is 0 Å².